The molecular formula is C16H18N2O2S. The molecule has 110 valence electrons. The van der Waals surface area contributed by atoms with Crippen molar-refractivity contribution in [3.8, 4) is 5.75 Å². The molecule has 0 aliphatic heterocycles. The van der Waals surface area contributed by atoms with Gasteiger partial charge in [-0.2, -0.15) is 12.6 Å². The van der Waals surface area contributed by atoms with Crippen LogP contribution in [0.5, 0.6) is 5.75 Å². The van der Waals surface area contributed by atoms with Gasteiger partial charge >= 0.3 is 0 Å². The van der Waals surface area contributed by atoms with Gasteiger partial charge in [0.1, 0.15) is 12.4 Å². The van der Waals surface area contributed by atoms with E-state index in [1.807, 2.05) is 42.5 Å². The van der Waals surface area contributed by atoms with Crippen molar-refractivity contribution >= 4 is 18.5 Å². The smallest absolute Gasteiger partial charge is 0.224 e. The summed E-state index contributed by atoms with van der Waals surface area (Å²) in [5.41, 5.74) is 1.84. The summed E-state index contributed by atoms with van der Waals surface area (Å²) < 4.78 is 5.64. The summed E-state index contributed by atoms with van der Waals surface area (Å²) in [5.74, 6) is 1.41. The van der Waals surface area contributed by atoms with Crippen molar-refractivity contribution in [1.29, 1.82) is 0 Å². The zero-order chi connectivity index (χ0) is 14.9. The van der Waals surface area contributed by atoms with Crippen LogP contribution in [-0.4, -0.2) is 23.2 Å². The minimum atomic E-state index is 0.00574. The van der Waals surface area contributed by atoms with E-state index in [1.54, 1.807) is 6.20 Å². The highest BCUT2D eigenvalue weighted by atomic mass is 32.1. The Kier molecular flexibility index (Phi) is 6.09. The van der Waals surface area contributed by atoms with Crippen LogP contribution < -0.4 is 10.1 Å². The van der Waals surface area contributed by atoms with Gasteiger partial charge in [0.2, 0.25) is 5.91 Å². The fourth-order valence-corrected chi connectivity index (χ4v) is 1.90. The van der Waals surface area contributed by atoms with Crippen LogP contribution in [0.2, 0.25) is 0 Å². The monoisotopic (exact) mass is 302 g/mol. The van der Waals surface area contributed by atoms with Crippen molar-refractivity contribution in [3.63, 3.8) is 0 Å². The van der Waals surface area contributed by atoms with Gasteiger partial charge < -0.3 is 10.1 Å². The van der Waals surface area contributed by atoms with E-state index in [0.717, 1.165) is 17.0 Å². The Balaban J connectivity index is 1.83. The summed E-state index contributed by atoms with van der Waals surface area (Å²) in [6.07, 6.45) is 2.11. The number of benzene rings is 1. The van der Waals surface area contributed by atoms with Crippen LogP contribution >= 0.6 is 12.6 Å². The summed E-state index contributed by atoms with van der Waals surface area (Å²) >= 11 is 4.05. The molecule has 0 aliphatic carbocycles. The molecule has 5 heteroatoms. The fraction of sp³-hybridized carbons (Fsp3) is 0.250. The molecule has 4 nitrogen and oxygen atoms in total. The normalized spacial score (nSPS) is 10.1. The number of ether oxygens (including phenoxy) is 1. The van der Waals surface area contributed by atoms with Crippen molar-refractivity contribution < 1.29 is 9.53 Å². The Morgan fingerprint density at radius 1 is 1.19 bits per heavy atom. The lowest BCUT2D eigenvalue weighted by Gasteiger charge is -2.07. The maximum Gasteiger partial charge on any atom is 0.224 e. The predicted molar refractivity (Wildman–Crippen MR) is 85.6 cm³/mol. The largest absolute Gasteiger partial charge is 0.487 e. The van der Waals surface area contributed by atoms with Crippen molar-refractivity contribution in [1.82, 2.24) is 10.3 Å². The van der Waals surface area contributed by atoms with E-state index in [1.165, 1.54) is 0 Å². The quantitative estimate of drug-likeness (QED) is 0.771. The van der Waals surface area contributed by atoms with Crippen molar-refractivity contribution in [2.24, 2.45) is 0 Å². The number of carbonyl (C=O) groups is 1. The summed E-state index contributed by atoms with van der Waals surface area (Å²) in [4.78, 5) is 15.8. The van der Waals surface area contributed by atoms with Gasteiger partial charge in [0.25, 0.3) is 0 Å². The first kappa shape index (κ1) is 15.4. The zero-order valence-electron chi connectivity index (χ0n) is 11.7. The number of rotatable bonds is 7. The number of pyridine rings is 1. The molecule has 1 heterocycles. The first-order valence-electron chi connectivity index (χ1n) is 6.77. The second-order valence-electron chi connectivity index (χ2n) is 4.50. The van der Waals surface area contributed by atoms with Crippen molar-refractivity contribution in [3.05, 3.63) is 59.9 Å². The van der Waals surface area contributed by atoms with E-state index in [0.29, 0.717) is 25.3 Å². The minimum Gasteiger partial charge on any atom is -0.487 e. The molecule has 21 heavy (non-hydrogen) atoms. The molecule has 0 bridgehead atoms. The molecule has 0 radical (unpaired) electrons. The van der Waals surface area contributed by atoms with E-state index in [4.69, 9.17) is 4.74 Å². The molecule has 2 rings (SSSR count). The van der Waals surface area contributed by atoms with Gasteiger partial charge in [0, 0.05) is 18.5 Å². The van der Waals surface area contributed by atoms with E-state index in [9.17, 15) is 4.79 Å². The zero-order valence-corrected chi connectivity index (χ0v) is 12.6. The van der Waals surface area contributed by atoms with Gasteiger partial charge in [-0.25, -0.2) is 0 Å². The lowest BCUT2D eigenvalue weighted by Crippen LogP contribution is -2.26. The molecule has 1 amide bonds. The Bertz CT molecular complexity index is 558. The average Bonchev–Trinajstić information content (AvgIpc) is 2.53. The Morgan fingerprint density at radius 2 is 2.00 bits per heavy atom. The van der Waals surface area contributed by atoms with E-state index in [2.05, 4.69) is 22.9 Å². The second kappa shape index (κ2) is 8.32. The lowest BCUT2D eigenvalue weighted by molar-refractivity contribution is -0.120. The van der Waals surface area contributed by atoms with Gasteiger partial charge in [-0.1, -0.05) is 18.2 Å². The molecule has 1 aromatic heterocycles. The van der Waals surface area contributed by atoms with Crippen molar-refractivity contribution in [2.75, 3.05) is 12.3 Å². The number of carbonyl (C=O) groups excluding carboxylic acids is 1. The van der Waals surface area contributed by atoms with Crippen LogP contribution in [0.25, 0.3) is 0 Å². The number of aromatic nitrogens is 1. The van der Waals surface area contributed by atoms with Gasteiger partial charge in [0.05, 0.1) is 12.1 Å². The number of nitrogens with zero attached hydrogens (tertiary/aromatic N) is 1. The molecule has 2 aromatic rings. The molecule has 0 atom stereocenters. The predicted octanol–water partition coefficient (Wildman–Crippen LogP) is 2.25. The lowest BCUT2D eigenvalue weighted by atomic mass is 10.1. The molecular weight excluding hydrogens is 284 g/mol. The third-order valence-corrected chi connectivity index (χ3v) is 3.06. The highest BCUT2D eigenvalue weighted by Gasteiger charge is 2.03. The second-order valence-corrected chi connectivity index (χ2v) is 4.95. The van der Waals surface area contributed by atoms with E-state index >= 15 is 0 Å². The summed E-state index contributed by atoms with van der Waals surface area (Å²) in [6, 6.07) is 13.2. The molecule has 0 saturated carbocycles. The maximum atomic E-state index is 11.6. The van der Waals surface area contributed by atoms with Crippen LogP contribution in [0.15, 0.2) is 48.7 Å². The summed E-state index contributed by atoms with van der Waals surface area (Å²) in [7, 11) is 0. The number of nitrogens with one attached hydrogen (secondary N) is 1. The van der Waals surface area contributed by atoms with Crippen LogP contribution in [-0.2, 0) is 17.8 Å². The Hall–Kier alpha value is -2.01. The van der Waals surface area contributed by atoms with E-state index < -0.39 is 0 Å². The standard InChI is InChI=1S/C16H18N2O2S/c19-16(18-9-10-21)11-13-4-6-15(7-5-13)20-12-14-3-1-2-8-17-14/h1-8,21H,9-12H2,(H,18,19). The molecule has 0 unspecified atom stereocenters. The van der Waals surface area contributed by atoms with Crippen LogP contribution in [0.3, 0.4) is 0 Å². The molecule has 0 spiro atoms. The molecule has 1 aromatic carbocycles. The molecule has 0 fully saturated rings. The first-order valence-corrected chi connectivity index (χ1v) is 7.40. The minimum absolute atomic E-state index is 0.00574. The first-order chi connectivity index (χ1) is 10.3. The fourth-order valence-electron chi connectivity index (χ4n) is 1.79. The van der Waals surface area contributed by atoms with Crippen LogP contribution in [0.1, 0.15) is 11.3 Å². The average molecular weight is 302 g/mol. The Labute approximate surface area is 130 Å². The molecule has 0 aliphatic rings. The number of hydrogen-bond acceptors (Lipinski definition) is 4. The number of hydrogen-bond donors (Lipinski definition) is 2. The highest BCUT2D eigenvalue weighted by Crippen LogP contribution is 2.14. The van der Waals surface area contributed by atoms with Gasteiger partial charge in [0.15, 0.2) is 0 Å². The summed E-state index contributed by atoms with van der Waals surface area (Å²) in [5, 5.41) is 2.79. The molecule has 0 saturated heterocycles. The topological polar surface area (TPSA) is 51.2 Å². The van der Waals surface area contributed by atoms with Gasteiger partial charge in [-0.05, 0) is 29.8 Å². The van der Waals surface area contributed by atoms with Gasteiger partial charge in [-0.3, -0.25) is 9.78 Å². The van der Waals surface area contributed by atoms with E-state index in [-0.39, 0.29) is 5.91 Å². The number of amides is 1. The highest BCUT2D eigenvalue weighted by molar-refractivity contribution is 7.80. The van der Waals surface area contributed by atoms with Crippen LogP contribution in [0, 0.1) is 0 Å². The van der Waals surface area contributed by atoms with Crippen molar-refractivity contribution in [2.45, 2.75) is 13.0 Å². The van der Waals surface area contributed by atoms with Crippen LogP contribution in [0.4, 0.5) is 0 Å². The SMILES string of the molecule is O=C(Cc1ccc(OCc2ccccn2)cc1)NCCS. The third kappa shape index (κ3) is 5.47. The molecule has 1 N–H and O–H groups in total. The third-order valence-electron chi connectivity index (χ3n) is 2.83. The maximum absolute atomic E-state index is 11.6. The summed E-state index contributed by atoms with van der Waals surface area (Å²) in [6.45, 7) is 1.02. The van der Waals surface area contributed by atoms with Gasteiger partial charge in [-0.15, -0.1) is 0 Å². The Morgan fingerprint density at radius 3 is 2.67 bits per heavy atom. The number of thiol groups is 1.